The number of nitrogens with one attached hydrogen (secondary N) is 1. The van der Waals surface area contributed by atoms with Crippen LogP contribution in [-0.2, 0) is 4.79 Å². The van der Waals surface area contributed by atoms with Crippen molar-refractivity contribution in [3.05, 3.63) is 12.2 Å². The van der Waals surface area contributed by atoms with Gasteiger partial charge in [-0.25, -0.2) is 0 Å². The van der Waals surface area contributed by atoms with Gasteiger partial charge in [0.05, 0.1) is 0 Å². The van der Waals surface area contributed by atoms with Crippen molar-refractivity contribution in [1.29, 1.82) is 0 Å². The number of carboxylic acid groups (broad SMARTS) is 1. The summed E-state index contributed by atoms with van der Waals surface area (Å²) in [5.74, 6) is -0.988. The maximum atomic E-state index is 10.2. The average Bonchev–Trinajstić information content (AvgIpc) is 2.56. The first-order chi connectivity index (χ1) is 11.8. The van der Waals surface area contributed by atoms with Crippen LogP contribution in [0.25, 0.3) is 0 Å². The van der Waals surface area contributed by atoms with Gasteiger partial charge in [-0.3, -0.25) is 0 Å². The first kappa shape index (κ1) is 27.4. The van der Waals surface area contributed by atoms with Gasteiger partial charge in [0.15, 0.2) is 0 Å². The summed E-state index contributed by atoms with van der Waals surface area (Å²) in [4.78, 5) is 10.2. The number of carboxylic acids is 1. The molecule has 0 unspecified atom stereocenters. The van der Waals surface area contributed by atoms with Gasteiger partial charge < -0.3 is 15.2 Å². The molecule has 0 atom stereocenters. The third-order valence-corrected chi connectivity index (χ3v) is 4.41. The van der Waals surface area contributed by atoms with Crippen LogP contribution < -0.4 is 40.0 Å². The van der Waals surface area contributed by atoms with E-state index in [2.05, 4.69) is 24.4 Å². The Morgan fingerprint density at radius 2 is 1.28 bits per heavy atom. The van der Waals surface area contributed by atoms with Crippen molar-refractivity contribution in [1.82, 2.24) is 5.32 Å². The molecule has 3 nitrogen and oxygen atoms in total. The summed E-state index contributed by atoms with van der Waals surface area (Å²) in [6.07, 6.45) is 23.6. The van der Waals surface area contributed by atoms with Gasteiger partial charge in [0.2, 0.25) is 0 Å². The molecule has 0 spiro atoms. The number of unbranched alkanes of at least 4 members (excludes halogenated alkanes) is 13. The van der Waals surface area contributed by atoms with Gasteiger partial charge in [-0.05, 0) is 19.3 Å². The Morgan fingerprint density at radius 3 is 1.76 bits per heavy atom. The monoisotopic (exact) mass is 361 g/mol. The van der Waals surface area contributed by atoms with Crippen molar-refractivity contribution < 1.29 is 39.5 Å². The zero-order valence-corrected chi connectivity index (χ0v) is 19.0. The van der Waals surface area contributed by atoms with Crippen LogP contribution in [-0.4, -0.2) is 19.1 Å². The van der Waals surface area contributed by atoms with E-state index in [1.54, 1.807) is 0 Å². The number of hydrogen-bond acceptors (Lipinski definition) is 3. The normalized spacial score (nSPS) is 10.9. The molecule has 0 amide bonds. The fourth-order valence-electron chi connectivity index (χ4n) is 2.86. The molecule has 0 rings (SSSR count). The van der Waals surface area contributed by atoms with Crippen LogP contribution in [0.15, 0.2) is 12.2 Å². The van der Waals surface area contributed by atoms with Gasteiger partial charge in [0, 0.05) is 19.1 Å². The third-order valence-electron chi connectivity index (χ3n) is 4.41. The smallest absolute Gasteiger partial charge is 0.550 e. The standard InChI is InChI=1S/C21H41NO2.Na/c1-2-3-4-5-6-7-8-9-10-11-12-13-14-15-16-17-19-22-20-18-21(23)24;/h16-17,22H,2-15,18-20H2,1H3,(H,23,24);/q;+1/p-1. The van der Waals surface area contributed by atoms with Crippen molar-refractivity contribution >= 4 is 5.97 Å². The Bertz CT molecular complexity index is 296. The maximum absolute atomic E-state index is 10.2. The van der Waals surface area contributed by atoms with Crippen LogP contribution in [0.4, 0.5) is 0 Å². The van der Waals surface area contributed by atoms with Gasteiger partial charge in [-0.2, -0.15) is 0 Å². The molecule has 0 radical (unpaired) electrons. The van der Waals surface area contributed by atoms with Crippen molar-refractivity contribution in [2.75, 3.05) is 13.1 Å². The molecule has 4 heteroatoms. The topological polar surface area (TPSA) is 52.2 Å². The van der Waals surface area contributed by atoms with Crippen LogP contribution in [0.1, 0.15) is 103 Å². The summed E-state index contributed by atoms with van der Waals surface area (Å²) >= 11 is 0. The SMILES string of the molecule is CCCCCCCCCCCCCCCC=CCNCCC(=O)[O-].[Na+]. The largest absolute Gasteiger partial charge is 1.00 e. The van der Waals surface area contributed by atoms with Gasteiger partial charge >= 0.3 is 29.6 Å². The number of hydrogen-bond donors (Lipinski definition) is 1. The summed E-state index contributed by atoms with van der Waals surface area (Å²) in [5.41, 5.74) is 0. The van der Waals surface area contributed by atoms with E-state index in [9.17, 15) is 9.90 Å². The van der Waals surface area contributed by atoms with Crippen LogP contribution in [0.5, 0.6) is 0 Å². The second kappa shape index (κ2) is 24.2. The van der Waals surface area contributed by atoms with Crippen molar-refractivity contribution in [2.24, 2.45) is 0 Å². The Hall–Kier alpha value is 0.170. The second-order valence-electron chi connectivity index (χ2n) is 6.83. The first-order valence-corrected chi connectivity index (χ1v) is 10.3. The molecule has 1 N–H and O–H groups in total. The first-order valence-electron chi connectivity index (χ1n) is 10.3. The Morgan fingerprint density at radius 1 is 0.800 bits per heavy atom. The predicted molar refractivity (Wildman–Crippen MR) is 102 cm³/mol. The van der Waals surface area contributed by atoms with E-state index < -0.39 is 5.97 Å². The maximum Gasteiger partial charge on any atom is 1.00 e. The summed E-state index contributed by atoms with van der Waals surface area (Å²) in [7, 11) is 0. The molecule has 0 aliphatic carbocycles. The summed E-state index contributed by atoms with van der Waals surface area (Å²) in [6, 6.07) is 0. The molecular formula is C21H40NNaO2. The number of aliphatic carboxylic acids is 1. The number of carbonyl (C=O) groups is 1. The fraction of sp³-hybridized carbons (Fsp3) is 0.857. The predicted octanol–water partition coefficient (Wildman–Crippen LogP) is 1.76. The second-order valence-corrected chi connectivity index (χ2v) is 6.83. The zero-order chi connectivity index (χ0) is 17.7. The minimum Gasteiger partial charge on any atom is -0.550 e. The van der Waals surface area contributed by atoms with E-state index in [4.69, 9.17) is 0 Å². The minimum absolute atomic E-state index is 0. The molecule has 0 saturated carbocycles. The van der Waals surface area contributed by atoms with E-state index in [-0.39, 0.29) is 36.0 Å². The molecule has 142 valence electrons. The zero-order valence-electron chi connectivity index (χ0n) is 17.0. The van der Waals surface area contributed by atoms with Crippen molar-refractivity contribution in [3.63, 3.8) is 0 Å². The van der Waals surface area contributed by atoms with E-state index in [1.807, 2.05) is 0 Å². The average molecular weight is 362 g/mol. The van der Waals surface area contributed by atoms with Gasteiger partial charge in [0.25, 0.3) is 0 Å². The molecule has 0 heterocycles. The van der Waals surface area contributed by atoms with Gasteiger partial charge in [0.1, 0.15) is 0 Å². The molecule has 25 heavy (non-hydrogen) atoms. The molecule has 0 aliphatic rings. The summed E-state index contributed by atoms with van der Waals surface area (Å²) in [5, 5.41) is 13.3. The Balaban J connectivity index is 0. The van der Waals surface area contributed by atoms with Crippen LogP contribution >= 0.6 is 0 Å². The molecular weight excluding hydrogens is 321 g/mol. The van der Waals surface area contributed by atoms with E-state index in [1.165, 1.54) is 83.5 Å². The third kappa shape index (κ3) is 26.5. The molecule has 0 aromatic heterocycles. The summed E-state index contributed by atoms with van der Waals surface area (Å²) < 4.78 is 0. The number of rotatable bonds is 19. The van der Waals surface area contributed by atoms with Crippen molar-refractivity contribution in [3.8, 4) is 0 Å². The quantitative estimate of drug-likeness (QED) is 0.217. The molecule has 0 aromatic carbocycles. The Kier molecular flexibility index (Phi) is 26.5. The van der Waals surface area contributed by atoms with E-state index in [0.717, 1.165) is 13.0 Å². The van der Waals surface area contributed by atoms with Gasteiger partial charge in [-0.1, -0.05) is 96.1 Å². The van der Waals surface area contributed by atoms with Gasteiger partial charge in [-0.15, -0.1) is 0 Å². The molecule has 0 aliphatic heterocycles. The minimum atomic E-state index is -0.988. The Labute approximate surface area is 178 Å². The van der Waals surface area contributed by atoms with E-state index >= 15 is 0 Å². The van der Waals surface area contributed by atoms with Crippen molar-refractivity contribution in [2.45, 2.75) is 103 Å². The van der Waals surface area contributed by atoms with E-state index in [0.29, 0.717) is 6.54 Å². The van der Waals surface area contributed by atoms with Crippen LogP contribution in [0.3, 0.4) is 0 Å². The molecule has 0 bridgehead atoms. The van der Waals surface area contributed by atoms with Crippen LogP contribution in [0, 0.1) is 0 Å². The van der Waals surface area contributed by atoms with Crippen LogP contribution in [0.2, 0.25) is 0 Å². The summed E-state index contributed by atoms with van der Waals surface area (Å²) in [6.45, 7) is 3.52. The molecule has 0 fully saturated rings. The number of carbonyl (C=O) groups excluding carboxylic acids is 1. The fourth-order valence-corrected chi connectivity index (χ4v) is 2.86. The molecule has 0 aromatic rings. The molecule has 0 saturated heterocycles. The number of allylic oxidation sites excluding steroid dienone is 1.